The van der Waals surface area contributed by atoms with E-state index in [2.05, 4.69) is 19.6 Å². The number of ether oxygens (including phenoxy) is 1. The summed E-state index contributed by atoms with van der Waals surface area (Å²) in [5.74, 6) is 1.08. The Morgan fingerprint density at radius 3 is 2.67 bits per heavy atom. The second kappa shape index (κ2) is 4.08. The summed E-state index contributed by atoms with van der Waals surface area (Å²) in [6, 6.07) is 12.0. The lowest BCUT2D eigenvalue weighted by Crippen LogP contribution is -2.17. The molecular weight excluding hydrogens is 260 g/mol. The van der Waals surface area contributed by atoms with Crippen LogP contribution < -0.4 is 0 Å². The van der Waals surface area contributed by atoms with E-state index in [9.17, 15) is 4.79 Å². The molecule has 0 amide bonds. The maximum Gasteiger partial charge on any atom is 0.194 e. The Morgan fingerprint density at radius 2 is 1.86 bits per heavy atom. The van der Waals surface area contributed by atoms with Crippen LogP contribution in [0.2, 0.25) is 0 Å². The van der Waals surface area contributed by atoms with Crippen molar-refractivity contribution in [1.82, 2.24) is 0 Å². The van der Waals surface area contributed by atoms with Crippen molar-refractivity contribution in [3.63, 3.8) is 0 Å². The highest BCUT2D eigenvalue weighted by Crippen LogP contribution is 2.46. The van der Waals surface area contributed by atoms with Gasteiger partial charge >= 0.3 is 0 Å². The number of carbonyl (C=O) groups is 1. The van der Waals surface area contributed by atoms with Crippen molar-refractivity contribution in [3.8, 4) is 0 Å². The van der Waals surface area contributed by atoms with Crippen molar-refractivity contribution in [3.05, 3.63) is 65.3 Å². The second-order valence-corrected chi connectivity index (χ2v) is 5.87. The van der Waals surface area contributed by atoms with Gasteiger partial charge in [-0.3, -0.25) is 4.79 Å². The number of hydrogen-bond donors (Lipinski definition) is 0. The molecule has 2 unspecified atom stereocenters. The van der Waals surface area contributed by atoms with Crippen LogP contribution in [0.1, 0.15) is 29.8 Å². The highest BCUT2D eigenvalue weighted by molar-refractivity contribution is 6.23. The van der Waals surface area contributed by atoms with Crippen molar-refractivity contribution >= 4 is 22.3 Å². The van der Waals surface area contributed by atoms with Gasteiger partial charge in [0.05, 0.1) is 0 Å². The summed E-state index contributed by atoms with van der Waals surface area (Å²) in [6.45, 7) is 8.18. The van der Waals surface area contributed by atoms with Gasteiger partial charge in [0.2, 0.25) is 0 Å². The molecule has 0 spiro atoms. The summed E-state index contributed by atoms with van der Waals surface area (Å²) >= 11 is 0. The third kappa shape index (κ3) is 1.50. The van der Waals surface area contributed by atoms with E-state index in [1.807, 2.05) is 37.3 Å². The van der Waals surface area contributed by atoms with E-state index in [-0.39, 0.29) is 17.8 Å². The van der Waals surface area contributed by atoms with Gasteiger partial charge in [-0.2, -0.15) is 0 Å². The van der Waals surface area contributed by atoms with Crippen molar-refractivity contribution in [2.24, 2.45) is 5.92 Å². The molecule has 1 aliphatic heterocycles. The summed E-state index contributed by atoms with van der Waals surface area (Å²) in [6.07, 6.45) is 0.0805. The summed E-state index contributed by atoms with van der Waals surface area (Å²) in [4.78, 5) is 12.8. The number of carbonyl (C=O) groups excluding carboxylic acids is 1. The first kappa shape index (κ1) is 12.4. The monoisotopic (exact) mass is 276 g/mol. The molecule has 0 aromatic heterocycles. The summed E-state index contributed by atoms with van der Waals surface area (Å²) in [5.41, 5.74) is 3.22. The van der Waals surface area contributed by atoms with Crippen LogP contribution in [0.5, 0.6) is 0 Å². The van der Waals surface area contributed by atoms with Gasteiger partial charge < -0.3 is 4.74 Å². The zero-order valence-electron chi connectivity index (χ0n) is 12.1. The molecule has 0 saturated heterocycles. The smallest absolute Gasteiger partial charge is 0.194 e. The molecule has 104 valence electrons. The van der Waals surface area contributed by atoms with Gasteiger partial charge in [-0.05, 0) is 23.8 Å². The number of hydrogen-bond acceptors (Lipinski definition) is 2. The summed E-state index contributed by atoms with van der Waals surface area (Å²) in [7, 11) is 0. The van der Waals surface area contributed by atoms with Gasteiger partial charge in [-0.25, -0.2) is 0 Å². The van der Waals surface area contributed by atoms with Crippen LogP contribution in [0.25, 0.3) is 16.5 Å². The molecule has 2 nitrogen and oxygen atoms in total. The van der Waals surface area contributed by atoms with E-state index in [1.54, 1.807) is 0 Å². The minimum absolute atomic E-state index is 0.0325. The van der Waals surface area contributed by atoms with Gasteiger partial charge in [0, 0.05) is 28.2 Å². The standard InChI is InChI=1S/C19H16O2/c1-10-12(3)21-19-15-9-8-13-6-4-5-7-14(13)17(15)18(20)11(2)16(10)19/h4-10,12H,2H2,1,3H3. The van der Waals surface area contributed by atoms with Crippen molar-refractivity contribution < 1.29 is 9.53 Å². The molecule has 2 aromatic carbocycles. The van der Waals surface area contributed by atoms with Crippen molar-refractivity contribution in [2.45, 2.75) is 20.0 Å². The molecule has 0 N–H and O–H groups in total. The van der Waals surface area contributed by atoms with Crippen LogP contribution in [0.3, 0.4) is 0 Å². The maximum atomic E-state index is 12.8. The van der Waals surface area contributed by atoms with Crippen LogP contribution in [-0.2, 0) is 4.74 Å². The Kier molecular flexibility index (Phi) is 2.41. The molecule has 2 atom stereocenters. The first-order chi connectivity index (χ1) is 10.1. The molecule has 21 heavy (non-hydrogen) atoms. The molecule has 0 bridgehead atoms. The highest BCUT2D eigenvalue weighted by Gasteiger charge is 2.40. The third-order valence-electron chi connectivity index (χ3n) is 4.71. The number of Topliss-reactive ketones (excluding diaryl/α,β-unsaturated/α-hetero) is 1. The predicted molar refractivity (Wildman–Crippen MR) is 84.0 cm³/mol. The molecular formula is C19H16O2. The largest absolute Gasteiger partial charge is 0.489 e. The lowest BCUT2D eigenvalue weighted by Gasteiger charge is -2.21. The lowest BCUT2D eigenvalue weighted by molar-refractivity contribution is 0.103. The molecule has 0 fully saturated rings. The Bertz CT molecular complexity index is 842. The van der Waals surface area contributed by atoms with Crippen LogP contribution >= 0.6 is 0 Å². The predicted octanol–water partition coefficient (Wildman–Crippen LogP) is 4.36. The second-order valence-electron chi connectivity index (χ2n) is 5.87. The molecule has 0 saturated carbocycles. The van der Waals surface area contributed by atoms with Crippen LogP contribution in [0.15, 0.2) is 54.1 Å². The number of ketones is 1. The first-order valence-corrected chi connectivity index (χ1v) is 7.26. The average Bonchev–Trinajstić information content (AvgIpc) is 2.80. The van der Waals surface area contributed by atoms with E-state index in [0.717, 1.165) is 33.2 Å². The molecule has 0 radical (unpaired) electrons. The number of benzene rings is 2. The van der Waals surface area contributed by atoms with E-state index < -0.39 is 0 Å². The van der Waals surface area contributed by atoms with Gasteiger partial charge in [-0.1, -0.05) is 43.8 Å². The van der Waals surface area contributed by atoms with Gasteiger partial charge in [-0.15, -0.1) is 0 Å². The maximum absolute atomic E-state index is 12.8. The topological polar surface area (TPSA) is 26.3 Å². The van der Waals surface area contributed by atoms with Crippen molar-refractivity contribution in [2.75, 3.05) is 0 Å². The van der Waals surface area contributed by atoms with E-state index in [1.165, 1.54) is 0 Å². The third-order valence-corrected chi connectivity index (χ3v) is 4.71. The van der Waals surface area contributed by atoms with Gasteiger partial charge in [0.1, 0.15) is 11.9 Å². The van der Waals surface area contributed by atoms with Crippen LogP contribution in [0.4, 0.5) is 0 Å². The quantitative estimate of drug-likeness (QED) is 0.668. The minimum atomic E-state index is 0.0325. The number of allylic oxidation sites excluding steroid dienone is 1. The normalized spacial score (nSPS) is 24.1. The van der Waals surface area contributed by atoms with Gasteiger partial charge in [0.15, 0.2) is 5.78 Å². The Balaban J connectivity index is 2.09. The molecule has 2 aromatic rings. The van der Waals surface area contributed by atoms with Crippen LogP contribution in [-0.4, -0.2) is 11.9 Å². The zero-order valence-corrected chi connectivity index (χ0v) is 12.1. The fourth-order valence-electron chi connectivity index (χ4n) is 3.39. The number of rotatable bonds is 0. The fraction of sp³-hybridized carbons (Fsp3) is 0.211. The molecule has 2 heteroatoms. The molecule has 2 aliphatic rings. The molecule has 1 heterocycles. The Hall–Kier alpha value is -2.35. The fourth-order valence-corrected chi connectivity index (χ4v) is 3.39. The zero-order chi connectivity index (χ0) is 14.7. The summed E-state index contributed by atoms with van der Waals surface area (Å²) in [5, 5.41) is 2.05. The van der Waals surface area contributed by atoms with Gasteiger partial charge in [0.25, 0.3) is 0 Å². The first-order valence-electron chi connectivity index (χ1n) is 7.26. The van der Waals surface area contributed by atoms with Crippen LogP contribution in [0, 0.1) is 5.92 Å². The lowest BCUT2D eigenvalue weighted by atomic mass is 9.80. The molecule has 4 rings (SSSR count). The van der Waals surface area contributed by atoms with Crippen molar-refractivity contribution in [1.29, 1.82) is 0 Å². The minimum Gasteiger partial charge on any atom is -0.489 e. The highest BCUT2D eigenvalue weighted by atomic mass is 16.5. The molecule has 1 aliphatic carbocycles. The van der Waals surface area contributed by atoms with E-state index in [4.69, 9.17) is 4.74 Å². The Morgan fingerprint density at radius 1 is 1.10 bits per heavy atom. The SMILES string of the molecule is C=C1C(=O)c2c(ccc3ccccc23)C2=C1C(C)C(C)O2. The van der Waals surface area contributed by atoms with E-state index >= 15 is 0 Å². The summed E-state index contributed by atoms with van der Waals surface area (Å²) < 4.78 is 6.04. The number of fused-ring (bicyclic) bond motifs is 4. The van der Waals surface area contributed by atoms with E-state index in [0.29, 0.717) is 5.57 Å². The average molecular weight is 276 g/mol. The Labute approximate surface area is 123 Å².